The summed E-state index contributed by atoms with van der Waals surface area (Å²) in [6, 6.07) is 23.0. The lowest BCUT2D eigenvalue weighted by Crippen LogP contribution is -2.25. The van der Waals surface area contributed by atoms with Gasteiger partial charge in [0.1, 0.15) is 0 Å². The molecule has 3 aromatic rings. The second-order valence-corrected chi connectivity index (χ2v) is 7.33. The van der Waals surface area contributed by atoms with Crippen LogP contribution in [-0.4, -0.2) is 27.4 Å². The van der Waals surface area contributed by atoms with Crippen molar-refractivity contribution in [3.05, 3.63) is 78.1 Å². The lowest BCUT2D eigenvalue weighted by atomic mass is 10.2. The van der Waals surface area contributed by atoms with Crippen molar-refractivity contribution in [1.29, 1.82) is 0 Å². The smallest absolute Gasteiger partial charge is 0.191 e. The highest BCUT2D eigenvalue weighted by atomic mass is 15.4. The first-order valence-corrected chi connectivity index (χ1v) is 9.33. The molecular weight excluding hydrogens is 346 g/mol. The molecule has 0 bridgehead atoms. The van der Waals surface area contributed by atoms with E-state index in [1.807, 2.05) is 12.1 Å². The Morgan fingerprint density at radius 3 is 1.54 bits per heavy atom. The van der Waals surface area contributed by atoms with Crippen LogP contribution in [0.3, 0.4) is 0 Å². The normalized spacial score (nSPS) is 14.9. The summed E-state index contributed by atoms with van der Waals surface area (Å²) < 4.78 is 0. The molecular formula is C23H21N5. The van der Waals surface area contributed by atoms with Crippen molar-refractivity contribution in [3.63, 3.8) is 0 Å². The zero-order valence-corrected chi connectivity index (χ0v) is 16.0. The van der Waals surface area contributed by atoms with Gasteiger partial charge in [-0.1, -0.05) is 24.3 Å². The van der Waals surface area contributed by atoms with Gasteiger partial charge in [-0.15, -0.1) is 0 Å². The molecule has 0 aliphatic carbocycles. The predicted molar refractivity (Wildman–Crippen MR) is 116 cm³/mol. The topological polar surface area (TPSA) is 17.3 Å². The molecule has 0 amide bonds. The summed E-state index contributed by atoms with van der Waals surface area (Å²) >= 11 is 0. The average Bonchev–Trinajstić information content (AvgIpc) is 3.26. The monoisotopic (exact) mass is 367 g/mol. The molecule has 138 valence electrons. The van der Waals surface area contributed by atoms with Crippen LogP contribution in [0.5, 0.6) is 0 Å². The largest absolute Gasteiger partial charge is 0.355 e. The molecule has 5 heteroatoms. The zero-order chi connectivity index (χ0) is 19.3. The van der Waals surface area contributed by atoms with E-state index in [1.165, 1.54) is 22.7 Å². The van der Waals surface area contributed by atoms with Crippen LogP contribution in [0, 0.1) is 6.57 Å². The first-order chi connectivity index (χ1) is 13.7. The van der Waals surface area contributed by atoms with Gasteiger partial charge in [-0.05, 0) is 42.5 Å². The molecule has 0 radical (unpaired) electrons. The van der Waals surface area contributed by atoms with Gasteiger partial charge >= 0.3 is 0 Å². The number of rotatable bonds is 2. The summed E-state index contributed by atoms with van der Waals surface area (Å²) in [5, 5.41) is 0. The van der Waals surface area contributed by atoms with Crippen molar-refractivity contribution in [2.24, 2.45) is 0 Å². The van der Waals surface area contributed by atoms with E-state index in [4.69, 9.17) is 6.57 Å². The van der Waals surface area contributed by atoms with Gasteiger partial charge in [-0.2, -0.15) is 0 Å². The Hall–Kier alpha value is -3.65. The van der Waals surface area contributed by atoms with Crippen molar-refractivity contribution >= 4 is 39.8 Å². The second-order valence-electron chi connectivity index (χ2n) is 7.33. The van der Waals surface area contributed by atoms with E-state index in [9.17, 15) is 0 Å². The lowest BCUT2D eigenvalue weighted by Gasteiger charge is -2.25. The van der Waals surface area contributed by atoms with Crippen molar-refractivity contribution in [2.75, 3.05) is 47.0 Å². The highest BCUT2D eigenvalue weighted by Crippen LogP contribution is 2.45. The van der Waals surface area contributed by atoms with Crippen LogP contribution in [0.1, 0.15) is 0 Å². The Bertz CT molecular complexity index is 1020. The molecule has 0 unspecified atom stereocenters. The van der Waals surface area contributed by atoms with Crippen molar-refractivity contribution in [2.45, 2.75) is 0 Å². The van der Waals surface area contributed by atoms with E-state index in [0.29, 0.717) is 5.69 Å². The first kappa shape index (κ1) is 16.5. The summed E-state index contributed by atoms with van der Waals surface area (Å²) in [7, 11) is 4.20. The predicted octanol–water partition coefficient (Wildman–Crippen LogP) is 5.33. The number of hydrogen-bond donors (Lipinski definition) is 0. The minimum absolute atomic E-state index is 0.659. The molecule has 0 N–H and O–H groups in total. The number of benzene rings is 3. The SMILES string of the molecule is [C-]#[N+]c1cc(N2CN(C)c3ccccc32)cc(N2CN(C)c3ccccc32)c1. The van der Waals surface area contributed by atoms with E-state index in [0.717, 1.165) is 24.7 Å². The Balaban J connectivity index is 1.61. The van der Waals surface area contributed by atoms with E-state index in [1.54, 1.807) is 0 Å². The summed E-state index contributed by atoms with van der Waals surface area (Å²) in [5.74, 6) is 0. The van der Waals surface area contributed by atoms with Gasteiger partial charge in [-0.25, -0.2) is 4.85 Å². The van der Waals surface area contributed by atoms with Crippen LogP contribution < -0.4 is 19.6 Å². The molecule has 28 heavy (non-hydrogen) atoms. The molecule has 0 spiro atoms. The van der Waals surface area contributed by atoms with E-state index in [2.05, 4.69) is 93.1 Å². The molecule has 0 fully saturated rings. The van der Waals surface area contributed by atoms with Gasteiger partial charge in [0.15, 0.2) is 5.69 Å². The zero-order valence-electron chi connectivity index (χ0n) is 16.0. The van der Waals surface area contributed by atoms with E-state index >= 15 is 0 Å². The molecule has 2 aliphatic rings. The number of fused-ring (bicyclic) bond motifs is 2. The van der Waals surface area contributed by atoms with Crippen LogP contribution in [0.25, 0.3) is 4.85 Å². The number of para-hydroxylation sites is 4. The fourth-order valence-electron chi connectivity index (χ4n) is 4.16. The Kier molecular flexibility index (Phi) is 3.66. The van der Waals surface area contributed by atoms with Crippen LogP contribution in [-0.2, 0) is 0 Å². The maximum Gasteiger partial charge on any atom is 0.191 e. The second kappa shape index (κ2) is 6.21. The minimum atomic E-state index is 0.659. The fourth-order valence-corrected chi connectivity index (χ4v) is 4.16. The van der Waals surface area contributed by atoms with Gasteiger partial charge in [0.2, 0.25) is 0 Å². The standard InChI is InChI=1S/C23H21N5/c1-24-17-12-18(27-15-25(2)20-8-4-6-10-22(20)27)14-19(13-17)28-16-26(3)21-9-5-7-11-23(21)28/h4-14H,15-16H2,2-3H3. The minimum Gasteiger partial charge on any atom is -0.355 e. The van der Waals surface area contributed by atoms with Crippen molar-refractivity contribution < 1.29 is 0 Å². The number of hydrogen-bond acceptors (Lipinski definition) is 4. The number of anilines is 6. The van der Waals surface area contributed by atoms with Crippen LogP contribution >= 0.6 is 0 Å². The average molecular weight is 367 g/mol. The maximum absolute atomic E-state index is 7.61. The van der Waals surface area contributed by atoms with Crippen molar-refractivity contribution in [3.8, 4) is 0 Å². The molecule has 2 aliphatic heterocycles. The van der Waals surface area contributed by atoms with Crippen LogP contribution in [0.2, 0.25) is 0 Å². The number of nitrogens with zero attached hydrogens (tertiary/aromatic N) is 5. The summed E-state index contributed by atoms with van der Waals surface area (Å²) in [5.41, 5.74) is 7.53. The molecule has 5 rings (SSSR count). The third-order valence-corrected chi connectivity index (χ3v) is 5.51. The highest BCUT2D eigenvalue weighted by molar-refractivity contribution is 5.88. The Labute approximate surface area is 165 Å². The maximum atomic E-state index is 7.61. The van der Waals surface area contributed by atoms with Gasteiger partial charge in [0, 0.05) is 25.5 Å². The third-order valence-electron chi connectivity index (χ3n) is 5.51. The van der Waals surface area contributed by atoms with Crippen LogP contribution in [0.4, 0.5) is 39.8 Å². The van der Waals surface area contributed by atoms with Crippen molar-refractivity contribution in [1.82, 2.24) is 0 Å². The molecule has 0 aromatic heterocycles. The molecule has 0 saturated heterocycles. The van der Waals surface area contributed by atoms with E-state index < -0.39 is 0 Å². The van der Waals surface area contributed by atoms with Gasteiger partial charge in [0.05, 0.1) is 42.7 Å². The summed E-state index contributed by atoms with van der Waals surface area (Å²) in [6.45, 7) is 9.16. The Morgan fingerprint density at radius 1 is 0.679 bits per heavy atom. The highest BCUT2D eigenvalue weighted by Gasteiger charge is 2.27. The van der Waals surface area contributed by atoms with Crippen LogP contribution in [0.15, 0.2) is 66.7 Å². The summed E-state index contributed by atoms with van der Waals surface area (Å²) in [4.78, 5) is 12.8. The fraction of sp³-hybridized carbons (Fsp3) is 0.174. The summed E-state index contributed by atoms with van der Waals surface area (Å²) in [6.07, 6.45) is 0. The van der Waals surface area contributed by atoms with Gasteiger partial charge in [-0.3, -0.25) is 0 Å². The Morgan fingerprint density at radius 2 is 1.11 bits per heavy atom. The first-order valence-electron chi connectivity index (χ1n) is 9.33. The molecule has 0 saturated carbocycles. The molecule has 0 atom stereocenters. The molecule has 5 nitrogen and oxygen atoms in total. The lowest BCUT2D eigenvalue weighted by molar-refractivity contribution is 0.940. The van der Waals surface area contributed by atoms with Gasteiger partial charge < -0.3 is 19.6 Å². The molecule has 2 heterocycles. The van der Waals surface area contributed by atoms with E-state index in [-0.39, 0.29) is 0 Å². The third kappa shape index (κ3) is 2.46. The molecule has 3 aromatic carbocycles. The van der Waals surface area contributed by atoms with Gasteiger partial charge in [0.25, 0.3) is 0 Å². The quantitative estimate of drug-likeness (QED) is 0.569.